The molecule has 5 aliphatic rings. The zero-order chi connectivity index (χ0) is 34.6. The number of benzene rings is 1. The molecule has 4 saturated carbocycles. The molecule has 1 heterocycles. The van der Waals surface area contributed by atoms with Gasteiger partial charge in [0, 0.05) is 23.0 Å². The van der Waals surface area contributed by atoms with Crippen LogP contribution in [0.3, 0.4) is 0 Å². The zero-order valence-corrected chi connectivity index (χ0v) is 33.0. The number of ether oxygens (including phenoxy) is 1. The number of fused-ring (bicyclic) bond motifs is 7. The normalized spacial score (nSPS) is 38.6. The Morgan fingerprint density at radius 3 is 2.36 bits per heavy atom. The van der Waals surface area contributed by atoms with Gasteiger partial charge in [0.15, 0.2) is 0 Å². The van der Waals surface area contributed by atoms with Crippen LogP contribution in [0.1, 0.15) is 104 Å². The Kier molecular flexibility index (Phi) is 17.3. The number of thiol groups is 1. The van der Waals surface area contributed by atoms with E-state index in [0.29, 0.717) is 22.9 Å². The molecule has 6 nitrogen and oxygen atoms in total. The number of hydrogen-bond acceptors (Lipinski definition) is 7. The van der Waals surface area contributed by atoms with Crippen molar-refractivity contribution in [1.29, 1.82) is 0 Å². The van der Waals surface area contributed by atoms with E-state index >= 15 is 0 Å². The molecule has 12 atom stereocenters. The van der Waals surface area contributed by atoms with E-state index in [-0.39, 0.29) is 12.7 Å². The second-order valence-corrected chi connectivity index (χ2v) is 15.7. The monoisotopic (exact) mass is 789 g/mol. The first-order valence-corrected chi connectivity index (χ1v) is 21.6. The van der Waals surface area contributed by atoms with Crippen LogP contribution in [0.4, 0.5) is 4.53 Å². The summed E-state index contributed by atoms with van der Waals surface area (Å²) in [4.78, 5) is 10.9. The van der Waals surface area contributed by atoms with Gasteiger partial charge >= 0.3 is 6.47 Å². The molecule has 1 saturated heterocycles. The Labute approximate surface area is 303 Å². The molecular formula is C38H65FIN3O3S. The first-order chi connectivity index (χ1) is 22.6. The molecule has 1 aliphatic heterocycles. The molecule has 1 aromatic carbocycles. The minimum atomic E-state index is -0.292. The van der Waals surface area contributed by atoms with E-state index in [2.05, 4.69) is 79.1 Å². The van der Waals surface area contributed by atoms with E-state index in [1.165, 1.54) is 63.4 Å². The van der Waals surface area contributed by atoms with Gasteiger partial charge in [0.1, 0.15) is 6.23 Å². The van der Waals surface area contributed by atoms with Crippen molar-refractivity contribution in [3.8, 4) is 0 Å². The maximum atomic E-state index is 9.85. The van der Waals surface area contributed by atoms with Crippen LogP contribution in [0, 0.1) is 59.2 Å². The molecule has 6 rings (SSSR count). The van der Waals surface area contributed by atoms with Crippen molar-refractivity contribution in [3.05, 3.63) is 35.9 Å². The predicted molar refractivity (Wildman–Crippen MR) is 204 cm³/mol. The van der Waals surface area contributed by atoms with Crippen LogP contribution in [-0.2, 0) is 14.5 Å². The quantitative estimate of drug-likeness (QED) is 0.0867. The molecule has 0 aromatic heterocycles. The number of rotatable bonds is 9. The summed E-state index contributed by atoms with van der Waals surface area (Å²) in [5.41, 5.74) is 8.11. The third-order valence-electron chi connectivity index (χ3n) is 13.3. The Hall–Kier alpha value is -0.460. The van der Waals surface area contributed by atoms with E-state index in [4.69, 9.17) is 15.3 Å². The summed E-state index contributed by atoms with van der Waals surface area (Å²) in [7, 11) is 3.50. The first kappa shape index (κ1) is 41.0. The summed E-state index contributed by atoms with van der Waals surface area (Å²) < 4.78 is 16.6. The highest BCUT2D eigenvalue weighted by atomic mass is 127. The Bertz CT molecular complexity index is 1040. The lowest BCUT2D eigenvalue weighted by molar-refractivity contribution is -0.165. The fourth-order valence-electron chi connectivity index (χ4n) is 10.7. The fraction of sp³-hybridized carbons (Fsp3) is 0.816. The summed E-state index contributed by atoms with van der Waals surface area (Å²) in [6.07, 6.45) is 14.5. The third-order valence-corrected chi connectivity index (χ3v) is 13.3. The van der Waals surface area contributed by atoms with Gasteiger partial charge in [0.2, 0.25) is 0 Å². The highest BCUT2D eigenvalue weighted by molar-refractivity contribution is 14.2. The van der Waals surface area contributed by atoms with Crippen molar-refractivity contribution in [2.45, 2.75) is 124 Å². The maximum absolute atomic E-state index is 9.85. The van der Waals surface area contributed by atoms with E-state index in [0.717, 1.165) is 67.6 Å². The van der Waals surface area contributed by atoms with E-state index in [9.17, 15) is 4.53 Å². The average Bonchev–Trinajstić information content (AvgIpc) is 3.57. The van der Waals surface area contributed by atoms with Gasteiger partial charge in [-0.1, -0.05) is 76.9 Å². The molecule has 0 radical (unpaired) electrons. The number of aryl methyl sites for hydroxylation is 1. The van der Waals surface area contributed by atoms with Crippen molar-refractivity contribution in [1.82, 2.24) is 10.6 Å². The van der Waals surface area contributed by atoms with Crippen molar-refractivity contribution in [3.63, 3.8) is 0 Å². The lowest BCUT2D eigenvalue weighted by atomic mass is 9.44. The van der Waals surface area contributed by atoms with Gasteiger partial charge in [0.05, 0.1) is 6.10 Å². The topological polar surface area (TPSA) is 85.6 Å². The van der Waals surface area contributed by atoms with E-state index < -0.39 is 0 Å². The summed E-state index contributed by atoms with van der Waals surface area (Å²) in [5, 5.41) is 7.65. The van der Waals surface area contributed by atoms with Crippen LogP contribution >= 0.6 is 31.0 Å². The summed E-state index contributed by atoms with van der Waals surface area (Å²) in [6, 6.07) is 11.0. The standard InChI is InChI=1S/C30H55N3O.C7H8.CHFO2.HIS/c1-6-19(2)18-33-28-20(3)27-26(34-28)17-25-23-9-8-21-16-22(32-15-7-14-31)10-12-29(21,4)24(23)11-13-30(25,27)5;1-7-5-3-2-4-6-7;2-4-1-3;1-2/h19-28,32-33H,6-18,31H2,1-5H3;2-6H,1H3;1H;2H/t19-,20-,21?,22?,23+,24?,25?,26?,27?,28-,29-,30-;;;/m0.../s1. The molecule has 6 unspecified atom stereocenters. The van der Waals surface area contributed by atoms with E-state index in [1.807, 2.05) is 39.4 Å². The van der Waals surface area contributed by atoms with Gasteiger partial charge < -0.3 is 15.8 Å². The molecule has 0 spiro atoms. The summed E-state index contributed by atoms with van der Waals surface area (Å²) in [6.45, 7) is 17.3. The van der Waals surface area contributed by atoms with Gasteiger partial charge in [-0.2, -0.15) is 0 Å². The molecule has 0 bridgehead atoms. The SMILES string of the molecule is CC[C@H](C)CN[C@H]1OC2CC3[C@@H]4CCC5CC(NCCCN)CC[C@]5(C)C4CC[C@]3(C)C2[C@@H]1C.Cc1ccccc1.O=COF.SI. The van der Waals surface area contributed by atoms with Crippen molar-refractivity contribution < 1.29 is 19.0 Å². The summed E-state index contributed by atoms with van der Waals surface area (Å²) in [5.74, 6) is 5.82. The van der Waals surface area contributed by atoms with Crippen LogP contribution in [0.5, 0.6) is 0 Å². The van der Waals surface area contributed by atoms with Gasteiger partial charge in [-0.05, 0) is 145 Å². The molecule has 270 valence electrons. The third kappa shape index (κ3) is 9.87. The Balaban J connectivity index is 0.000000391. The van der Waals surface area contributed by atoms with Crippen LogP contribution in [0.25, 0.3) is 0 Å². The van der Waals surface area contributed by atoms with Crippen molar-refractivity contribution >= 4 is 37.5 Å². The minimum Gasteiger partial charge on any atom is -0.360 e. The highest BCUT2D eigenvalue weighted by Gasteiger charge is 2.65. The Morgan fingerprint density at radius 1 is 1.09 bits per heavy atom. The largest absolute Gasteiger partial charge is 0.360 e. The van der Waals surface area contributed by atoms with Crippen LogP contribution in [0.15, 0.2) is 30.3 Å². The van der Waals surface area contributed by atoms with Gasteiger partial charge in [-0.3, -0.25) is 15.1 Å². The van der Waals surface area contributed by atoms with Gasteiger partial charge in [-0.15, -0.1) is 9.80 Å². The second kappa shape index (κ2) is 19.8. The molecule has 1 aromatic rings. The number of hydrogen-bond donors (Lipinski definition) is 4. The molecule has 0 amide bonds. The average molecular weight is 790 g/mol. The lowest BCUT2D eigenvalue weighted by Crippen LogP contribution is -2.55. The van der Waals surface area contributed by atoms with Gasteiger partial charge in [-0.25, -0.2) is 0 Å². The van der Waals surface area contributed by atoms with Crippen molar-refractivity contribution in [2.24, 2.45) is 58.0 Å². The zero-order valence-electron chi connectivity index (χ0n) is 29.9. The van der Waals surface area contributed by atoms with E-state index in [1.54, 1.807) is 0 Å². The van der Waals surface area contributed by atoms with Crippen LogP contribution in [-0.4, -0.2) is 44.5 Å². The van der Waals surface area contributed by atoms with Gasteiger partial charge in [0.25, 0.3) is 0 Å². The maximum Gasteiger partial charge on any atom is 0.337 e. The number of carbonyl (C=O) groups is 1. The highest BCUT2D eigenvalue weighted by Crippen LogP contribution is 2.69. The molecule has 47 heavy (non-hydrogen) atoms. The number of halogens is 2. The number of nitrogens with one attached hydrogen (secondary N) is 2. The molecular weight excluding hydrogens is 724 g/mol. The smallest absolute Gasteiger partial charge is 0.337 e. The van der Waals surface area contributed by atoms with Crippen LogP contribution in [0.2, 0.25) is 0 Å². The number of carbonyl (C=O) groups excluding carboxylic acids is 1. The predicted octanol–water partition coefficient (Wildman–Crippen LogP) is 8.86. The minimum absolute atomic E-state index is 0.273. The van der Waals surface area contributed by atoms with Crippen LogP contribution < -0.4 is 16.4 Å². The lowest BCUT2D eigenvalue weighted by Gasteiger charge is -2.61. The Morgan fingerprint density at radius 2 is 1.77 bits per heavy atom. The fourth-order valence-corrected chi connectivity index (χ4v) is 10.7. The molecule has 4 N–H and O–H groups in total. The second-order valence-electron chi connectivity index (χ2n) is 15.7. The molecule has 5 fully saturated rings. The molecule has 9 heteroatoms. The molecule has 4 aliphatic carbocycles. The van der Waals surface area contributed by atoms with Crippen molar-refractivity contribution in [2.75, 3.05) is 19.6 Å². The number of nitrogens with two attached hydrogens (primary N) is 1. The summed E-state index contributed by atoms with van der Waals surface area (Å²) >= 11 is 1.84. The first-order valence-electron chi connectivity index (χ1n) is 18.3.